The van der Waals surface area contributed by atoms with Gasteiger partial charge in [-0.05, 0) is 6.07 Å². The molecule has 0 radical (unpaired) electrons. The number of hydrogen-bond donors (Lipinski definition) is 3. The van der Waals surface area contributed by atoms with Crippen LogP contribution in [0.25, 0.3) is 10.8 Å². The highest BCUT2D eigenvalue weighted by atomic mass is 16.5. The molecule has 0 saturated carbocycles. The Morgan fingerprint density at radius 3 is 2.58 bits per heavy atom. The average Bonchev–Trinajstić information content (AvgIpc) is 2.68. The number of ether oxygens (including phenoxy) is 1. The first-order valence-electron chi connectivity index (χ1n) is 8.47. The number of nitrogens with one attached hydrogen (secondary N) is 3. The Hall–Kier alpha value is -2.78. The Bertz CT molecular complexity index is 844. The predicted molar refractivity (Wildman–Crippen MR) is 94.5 cm³/mol. The fourth-order valence-corrected chi connectivity index (χ4v) is 2.78. The number of amides is 2. The van der Waals surface area contributed by atoms with Crippen LogP contribution in [0.2, 0.25) is 0 Å². The number of carbonyl (C=O) groups excluding carboxylic acids is 2. The molecule has 3 rings (SSSR count). The Morgan fingerprint density at radius 1 is 1.12 bits per heavy atom. The van der Waals surface area contributed by atoms with Gasteiger partial charge in [-0.2, -0.15) is 5.10 Å². The molecule has 1 saturated heterocycles. The lowest BCUT2D eigenvalue weighted by atomic mass is 10.1. The maximum atomic E-state index is 11.9. The molecule has 3 N–H and O–H groups in total. The van der Waals surface area contributed by atoms with Gasteiger partial charge in [-0.3, -0.25) is 19.3 Å². The minimum atomic E-state index is -0.732. The first-order valence-corrected chi connectivity index (χ1v) is 8.47. The summed E-state index contributed by atoms with van der Waals surface area (Å²) >= 11 is 0. The van der Waals surface area contributed by atoms with E-state index in [2.05, 4.69) is 25.7 Å². The van der Waals surface area contributed by atoms with Gasteiger partial charge in [0, 0.05) is 31.6 Å². The second-order valence-electron chi connectivity index (χ2n) is 5.94. The number of rotatable bonds is 5. The molecule has 2 heterocycles. The quantitative estimate of drug-likeness (QED) is 0.589. The largest absolute Gasteiger partial charge is 0.379 e. The van der Waals surface area contributed by atoms with Crippen molar-refractivity contribution in [3.63, 3.8) is 0 Å². The number of nitrogens with zero attached hydrogens (tertiary/aromatic N) is 2. The summed E-state index contributed by atoms with van der Waals surface area (Å²) in [6, 6.07) is 6.97. The average molecular weight is 359 g/mol. The number of carbonyl (C=O) groups is 2. The lowest BCUT2D eigenvalue weighted by Crippen LogP contribution is -2.45. The van der Waals surface area contributed by atoms with Crippen LogP contribution in [0, 0.1) is 0 Å². The molecule has 0 spiro atoms. The van der Waals surface area contributed by atoms with E-state index in [1.165, 1.54) is 0 Å². The van der Waals surface area contributed by atoms with Gasteiger partial charge in [0.1, 0.15) is 0 Å². The minimum absolute atomic E-state index is 0.0486. The molecule has 26 heavy (non-hydrogen) atoms. The third kappa shape index (κ3) is 4.44. The molecule has 9 nitrogen and oxygen atoms in total. The van der Waals surface area contributed by atoms with Crippen LogP contribution >= 0.6 is 0 Å². The molecule has 1 aliphatic heterocycles. The van der Waals surface area contributed by atoms with Gasteiger partial charge in [-0.15, -0.1) is 0 Å². The summed E-state index contributed by atoms with van der Waals surface area (Å²) in [5.74, 6) is -1.42. The fraction of sp³-hybridized carbons (Fsp3) is 0.412. The van der Waals surface area contributed by atoms with E-state index in [0.29, 0.717) is 42.8 Å². The second-order valence-corrected chi connectivity index (χ2v) is 5.94. The van der Waals surface area contributed by atoms with Crippen molar-refractivity contribution >= 4 is 22.6 Å². The van der Waals surface area contributed by atoms with E-state index in [1.54, 1.807) is 24.3 Å². The van der Waals surface area contributed by atoms with Gasteiger partial charge in [0.2, 0.25) is 0 Å². The normalized spacial score (nSPS) is 14.9. The summed E-state index contributed by atoms with van der Waals surface area (Å²) in [5.41, 5.74) is 0.200. The van der Waals surface area contributed by atoms with E-state index in [0.717, 1.165) is 13.1 Å². The SMILES string of the molecule is O=C(NCCN1CCOCC1)C(=O)NCc1n[nH]c(=O)c2ccccc12. The van der Waals surface area contributed by atoms with Gasteiger partial charge in [0.25, 0.3) is 5.56 Å². The topological polar surface area (TPSA) is 116 Å². The Labute approximate surface area is 149 Å². The van der Waals surface area contributed by atoms with Crippen LogP contribution in [0.5, 0.6) is 0 Å². The van der Waals surface area contributed by atoms with E-state index in [4.69, 9.17) is 4.74 Å². The lowest BCUT2D eigenvalue weighted by Gasteiger charge is -2.26. The van der Waals surface area contributed by atoms with Crippen LogP contribution in [-0.4, -0.2) is 66.3 Å². The first kappa shape index (κ1) is 18.0. The summed E-state index contributed by atoms with van der Waals surface area (Å²) in [6.07, 6.45) is 0. The molecule has 9 heteroatoms. The third-order valence-electron chi connectivity index (χ3n) is 4.21. The molecule has 1 fully saturated rings. The monoisotopic (exact) mass is 359 g/mol. The molecule has 138 valence electrons. The van der Waals surface area contributed by atoms with Crippen LogP contribution in [0.4, 0.5) is 0 Å². The molecule has 0 unspecified atom stereocenters. The number of morpholine rings is 1. The molecule has 2 aromatic rings. The number of H-pyrrole nitrogens is 1. The van der Waals surface area contributed by atoms with Gasteiger partial charge >= 0.3 is 11.8 Å². The van der Waals surface area contributed by atoms with Gasteiger partial charge in [-0.25, -0.2) is 5.10 Å². The van der Waals surface area contributed by atoms with E-state index in [-0.39, 0.29) is 12.1 Å². The molecule has 2 amide bonds. The van der Waals surface area contributed by atoms with Crippen molar-refractivity contribution in [1.29, 1.82) is 0 Å². The third-order valence-corrected chi connectivity index (χ3v) is 4.21. The van der Waals surface area contributed by atoms with Crippen molar-refractivity contribution < 1.29 is 14.3 Å². The van der Waals surface area contributed by atoms with E-state index < -0.39 is 11.8 Å². The number of benzene rings is 1. The van der Waals surface area contributed by atoms with Crippen LogP contribution < -0.4 is 16.2 Å². The summed E-state index contributed by atoms with van der Waals surface area (Å²) in [7, 11) is 0. The second kappa shape index (κ2) is 8.54. The van der Waals surface area contributed by atoms with Crippen LogP contribution in [0.1, 0.15) is 5.69 Å². The zero-order valence-corrected chi connectivity index (χ0v) is 14.3. The summed E-state index contributed by atoms with van der Waals surface area (Å²) in [4.78, 5) is 37.7. The molecular weight excluding hydrogens is 338 g/mol. The molecular formula is C17H21N5O4. The van der Waals surface area contributed by atoms with Gasteiger partial charge < -0.3 is 15.4 Å². The van der Waals surface area contributed by atoms with E-state index in [1.807, 2.05) is 0 Å². The maximum Gasteiger partial charge on any atom is 0.309 e. The predicted octanol–water partition coefficient (Wildman–Crippen LogP) is -1.01. The van der Waals surface area contributed by atoms with E-state index in [9.17, 15) is 14.4 Å². The zero-order valence-electron chi connectivity index (χ0n) is 14.3. The van der Waals surface area contributed by atoms with Crippen LogP contribution in [-0.2, 0) is 20.9 Å². The summed E-state index contributed by atoms with van der Waals surface area (Å²) in [5, 5.41) is 12.6. The van der Waals surface area contributed by atoms with Gasteiger partial charge in [0.05, 0.1) is 30.8 Å². The fourth-order valence-electron chi connectivity index (χ4n) is 2.78. The number of hydrogen-bond acceptors (Lipinski definition) is 6. The number of aromatic nitrogens is 2. The summed E-state index contributed by atoms with van der Waals surface area (Å²) < 4.78 is 5.26. The van der Waals surface area contributed by atoms with Crippen molar-refractivity contribution in [1.82, 2.24) is 25.7 Å². The molecule has 0 bridgehead atoms. The first-order chi connectivity index (χ1) is 12.6. The summed E-state index contributed by atoms with van der Waals surface area (Å²) in [6.45, 7) is 4.15. The maximum absolute atomic E-state index is 11.9. The Balaban J connectivity index is 1.50. The van der Waals surface area contributed by atoms with E-state index >= 15 is 0 Å². The highest BCUT2D eigenvalue weighted by molar-refractivity contribution is 6.35. The molecule has 1 aromatic heterocycles. The van der Waals surface area contributed by atoms with Gasteiger partial charge in [0.15, 0.2) is 0 Å². The minimum Gasteiger partial charge on any atom is -0.379 e. The highest BCUT2D eigenvalue weighted by Crippen LogP contribution is 2.11. The zero-order chi connectivity index (χ0) is 18.4. The molecule has 1 aliphatic rings. The van der Waals surface area contributed by atoms with Crippen molar-refractivity contribution in [2.24, 2.45) is 0 Å². The molecule has 0 atom stereocenters. The van der Waals surface area contributed by atoms with Crippen LogP contribution in [0.3, 0.4) is 0 Å². The number of fused-ring (bicyclic) bond motifs is 1. The van der Waals surface area contributed by atoms with Gasteiger partial charge in [-0.1, -0.05) is 18.2 Å². The lowest BCUT2D eigenvalue weighted by molar-refractivity contribution is -0.139. The van der Waals surface area contributed by atoms with Crippen molar-refractivity contribution in [2.45, 2.75) is 6.54 Å². The highest BCUT2D eigenvalue weighted by Gasteiger charge is 2.15. The van der Waals surface area contributed by atoms with Crippen molar-refractivity contribution in [3.05, 3.63) is 40.3 Å². The van der Waals surface area contributed by atoms with Crippen molar-refractivity contribution in [2.75, 3.05) is 39.4 Å². The van der Waals surface area contributed by atoms with Crippen LogP contribution in [0.15, 0.2) is 29.1 Å². The number of aromatic amines is 1. The molecule has 1 aromatic carbocycles. The standard InChI is InChI=1S/C17H21N5O4/c23-15-13-4-2-1-3-12(13)14(20-21-15)11-19-17(25)16(24)18-5-6-22-7-9-26-10-8-22/h1-4H,5-11H2,(H,18,24)(H,19,25)(H,21,23). The smallest absolute Gasteiger partial charge is 0.309 e. The Kier molecular flexibility index (Phi) is 5.92. The molecule has 0 aliphatic carbocycles. The van der Waals surface area contributed by atoms with Crippen molar-refractivity contribution in [3.8, 4) is 0 Å². The Morgan fingerprint density at radius 2 is 1.81 bits per heavy atom.